The Morgan fingerprint density at radius 3 is 2.67 bits per heavy atom. The number of nitrogen functional groups attached to an aromatic ring is 1. The van der Waals surface area contributed by atoms with Crippen molar-refractivity contribution in [2.75, 3.05) is 12.3 Å². The van der Waals surface area contributed by atoms with Crippen molar-refractivity contribution >= 4 is 29.1 Å². The topological polar surface area (TPSA) is 72.0 Å². The van der Waals surface area contributed by atoms with Crippen LogP contribution in [0.5, 0.6) is 0 Å². The number of rotatable bonds is 4. The molecular weight excluding hydrogens is 313 g/mol. The Bertz CT molecular complexity index is 667. The zero-order valence-corrected chi connectivity index (χ0v) is 13.2. The predicted molar refractivity (Wildman–Crippen MR) is 83.9 cm³/mol. The molecule has 3 N–H and O–H groups in total. The molecule has 0 aliphatic rings. The molecule has 0 atom stereocenters. The number of hydrogen-bond donors (Lipinski definition) is 2. The Hall–Kier alpha value is -1.37. The van der Waals surface area contributed by atoms with E-state index in [-0.39, 0.29) is 12.2 Å². The summed E-state index contributed by atoms with van der Waals surface area (Å²) < 4.78 is 13.4. The van der Waals surface area contributed by atoms with Crippen molar-refractivity contribution in [1.29, 1.82) is 0 Å². The van der Waals surface area contributed by atoms with Gasteiger partial charge in [0.25, 0.3) is 0 Å². The lowest BCUT2D eigenvalue weighted by molar-refractivity contribution is 0.265. The number of aromatic nitrogens is 2. The standard InChI is InChI=1S/C14H15ClFN3OS/c1-14(2,7-20)21-13-11(17)6-12(18-19-13)9-5-8(15)3-4-10(9)16/h3-6,20H,7H2,1-2H3,(H2,17,18). The molecule has 0 bridgehead atoms. The maximum absolute atomic E-state index is 13.8. The Morgan fingerprint density at radius 1 is 1.33 bits per heavy atom. The van der Waals surface area contributed by atoms with E-state index in [4.69, 9.17) is 17.3 Å². The van der Waals surface area contributed by atoms with Gasteiger partial charge in [0.2, 0.25) is 0 Å². The third kappa shape index (κ3) is 3.84. The highest BCUT2D eigenvalue weighted by Gasteiger charge is 2.21. The zero-order valence-electron chi connectivity index (χ0n) is 11.6. The van der Waals surface area contributed by atoms with Gasteiger partial charge in [-0.3, -0.25) is 0 Å². The minimum atomic E-state index is -0.441. The summed E-state index contributed by atoms with van der Waals surface area (Å²) in [5.74, 6) is -0.441. The molecule has 1 heterocycles. The van der Waals surface area contributed by atoms with Crippen LogP contribution in [0.4, 0.5) is 10.1 Å². The number of benzene rings is 1. The monoisotopic (exact) mass is 327 g/mol. The highest BCUT2D eigenvalue weighted by atomic mass is 35.5. The van der Waals surface area contributed by atoms with Crippen molar-refractivity contribution in [1.82, 2.24) is 10.2 Å². The molecule has 0 saturated carbocycles. The van der Waals surface area contributed by atoms with E-state index >= 15 is 0 Å². The highest BCUT2D eigenvalue weighted by Crippen LogP contribution is 2.35. The van der Waals surface area contributed by atoms with Crippen molar-refractivity contribution in [3.63, 3.8) is 0 Å². The van der Waals surface area contributed by atoms with Gasteiger partial charge in [0, 0.05) is 15.3 Å². The maximum Gasteiger partial charge on any atom is 0.142 e. The van der Waals surface area contributed by atoms with Gasteiger partial charge in [-0.15, -0.1) is 10.2 Å². The number of nitrogens with zero attached hydrogens (tertiary/aromatic N) is 2. The Balaban J connectivity index is 2.37. The van der Waals surface area contributed by atoms with Gasteiger partial charge in [0.1, 0.15) is 10.8 Å². The highest BCUT2D eigenvalue weighted by molar-refractivity contribution is 8.00. The molecule has 4 nitrogen and oxygen atoms in total. The molecule has 0 aliphatic carbocycles. The largest absolute Gasteiger partial charge is 0.396 e. The van der Waals surface area contributed by atoms with Crippen molar-refractivity contribution in [2.45, 2.75) is 23.6 Å². The van der Waals surface area contributed by atoms with Crippen LogP contribution >= 0.6 is 23.4 Å². The van der Waals surface area contributed by atoms with E-state index in [1.807, 2.05) is 13.8 Å². The normalized spacial score (nSPS) is 11.7. The summed E-state index contributed by atoms with van der Waals surface area (Å²) in [6.45, 7) is 3.70. The fraction of sp³-hybridized carbons (Fsp3) is 0.286. The molecule has 112 valence electrons. The van der Waals surface area contributed by atoms with Crippen LogP contribution in [0.25, 0.3) is 11.3 Å². The molecule has 2 aromatic rings. The summed E-state index contributed by atoms with van der Waals surface area (Å²) in [5.41, 5.74) is 6.90. The number of hydrogen-bond acceptors (Lipinski definition) is 5. The molecule has 0 amide bonds. The quantitative estimate of drug-likeness (QED) is 0.842. The number of nitrogens with two attached hydrogens (primary N) is 1. The molecule has 21 heavy (non-hydrogen) atoms. The second-order valence-corrected chi connectivity index (χ2v) is 7.27. The van der Waals surface area contributed by atoms with Crippen LogP contribution in [0, 0.1) is 5.82 Å². The molecule has 0 spiro atoms. The fourth-order valence-corrected chi connectivity index (χ4v) is 2.61. The van der Waals surface area contributed by atoms with E-state index < -0.39 is 10.6 Å². The Morgan fingerprint density at radius 2 is 2.05 bits per heavy atom. The van der Waals surface area contributed by atoms with Crippen LogP contribution in [-0.4, -0.2) is 26.7 Å². The van der Waals surface area contributed by atoms with Gasteiger partial charge in [-0.25, -0.2) is 4.39 Å². The van der Waals surface area contributed by atoms with Gasteiger partial charge in [-0.2, -0.15) is 0 Å². The average Bonchev–Trinajstić information content (AvgIpc) is 2.44. The first-order chi connectivity index (χ1) is 9.82. The smallest absolute Gasteiger partial charge is 0.142 e. The minimum Gasteiger partial charge on any atom is -0.396 e. The number of thioether (sulfide) groups is 1. The summed E-state index contributed by atoms with van der Waals surface area (Å²) in [6, 6.07) is 5.76. The predicted octanol–water partition coefficient (Wildman–Crippen LogP) is 3.38. The van der Waals surface area contributed by atoms with Crippen LogP contribution in [0.15, 0.2) is 29.3 Å². The molecule has 7 heteroatoms. The van der Waals surface area contributed by atoms with Crippen LogP contribution in [0.1, 0.15) is 13.8 Å². The van der Waals surface area contributed by atoms with Gasteiger partial charge in [0.05, 0.1) is 18.0 Å². The second kappa shape index (κ2) is 6.17. The molecule has 1 aromatic heterocycles. The zero-order chi connectivity index (χ0) is 15.6. The van der Waals surface area contributed by atoms with Crippen molar-refractivity contribution in [3.05, 3.63) is 35.1 Å². The van der Waals surface area contributed by atoms with Gasteiger partial charge >= 0.3 is 0 Å². The lowest BCUT2D eigenvalue weighted by Crippen LogP contribution is -2.20. The minimum absolute atomic E-state index is 0.0243. The van der Waals surface area contributed by atoms with Gasteiger partial charge in [0.15, 0.2) is 0 Å². The molecule has 0 unspecified atom stereocenters. The molecule has 0 saturated heterocycles. The van der Waals surface area contributed by atoms with E-state index in [1.165, 1.54) is 30.0 Å². The maximum atomic E-state index is 13.8. The van der Waals surface area contributed by atoms with Crippen molar-refractivity contribution < 1.29 is 9.50 Å². The number of anilines is 1. The molecular formula is C14H15ClFN3OS. The van der Waals surface area contributed by atoms with E-state index in [2.05, 4.69) is 10.2 Å². The molecule has 2 rings (SSSR count). The van der Waals surface area contributed by atoms with Gasteiger partial charge in [-0.05, 0) is 38.1 Å². The number of halogens is 2. The molecule has 0 radical (unpaired) electrons. The molecule has 0 fully saturated rings. The number of aliphatic hydroxyl groups is 1. The van der Waals surface area contributed by atoms with E-state index in [0.717, 1.165) is 0 Å². The van der Waals surface area contributed by atoms with E-state index in [9.17, 15) is 9.50 Å². The first kappa shape index (κ1) is 16.0. The lowest BCUT2D eigenvalue weighted by atomic mass is 10.1. The lowest BCUT2D eigenvalue weighted by Gasteiger charge is -2.20. The molecule has 1 aromatic carbocycles. The second-order valence-electron chi connectivity index (χ2n) is 5.13. The summed E-state index contributed by atoms with van der Waals surface area (Å²) in [4.78, 5) is 0. The summed E-state index contributed by atoms with van der Waals surface area (Å²) in [5, 5.41) is 18.2. The fourth-order valence-electron chi connectivity index (χ4n) is 1.59. The van der Waals surface area contributed by atoms with Crippen molar-refractivity contribution in [2.24, 2.45) is 0 Å². The van der Waals surface area contributed by atoms with Crippen LogP contribution in [0.3, 0.4) is 0 Å². The Kier molecular flexibility index (Phi) is 4.70. The van der Waals surface area contributed by atoms with E-state index in [0.29, 0.717) is 21.4 Å². The van der Waals surface area contributed by atoms with Gasteiger partial charge < -0.3 is 10.8 Å². The SMILES string of the molecule is CC(C)(CO)Sc1nnc(-c2cc(Cl)ccc2F)cc1N. The third-order valence-electron chi connectivity index (χ3n) is 2.75. The Labute approximate surface area is 131 Å². The van der Waals surface area contributed by atoms with Crippen LogP contribution < -0.4 is 5.73 Å². The number of aliphatic hydroxyl groups excluding tert-OH is 1. The van der Waals surface area contributed by atoms with Crippen LogP contribution in [0.2, 0.25) is 5.02 Å². The summed E-state index contributed by atoms with van der Waals surface area (Å²) in [7, 11) is 0. The van der Waals surface area contributed by atoms with E-state index in [1.54, 1.807) is 6.07 Å². The van der Waals surface area contributed by atoms with Crippen molar-refractivity contribution in [3.8, 4) is 11.3 Å². The summed E-state index contributed by atoms with van der Waals surface area (Å²) in [6.07, 6.45) is 0. The van der Waals surface area contributed by atoms with Crippen LogP contribution in [-0.2, 0) is 0 Å². The first-order valence-electron chi connectivity index (χ1n) is 6.21. The molecule has 0 aliphatic heterocycles. The third-order valence-corrected chi connectivity index (χ3v) is 4.17. The first-order valence-corrected chi connectivity index (χ1v) is 7.40. The summed E-state index contributed by atoms with van der Waals surface area (Å²) >= 11 is 7.18. The average molecular weight is 328 g/mol. The van der Waals surface area contributed by atoms with Gasteiger partial charge in [-0.1, -0.05) is 23.4 Å².